The first-order valence-corrected chi connectivity index (χ1v) is 10.5. The minimum absolute atomic E-state index is 0.0901. The van der Waals surface area contributed by atoms with Crippen molar-refractivity contribution in [1.82, 2.24) is 0 Å². The summed E-state index contributed by atoms with van der Waals surface area (Å²) in [6.07, 6.45) is 8.92. The number of aliphatic carboxylic acids is 1. The molecule has 27 heavy (non-hydrogen) atoms. The molecule has 4 rings (SSSR count). The number of carboxylic acids is 1. The lowest BCUT2D eigenvalue weighted by Crippen LogP contribution is -2.50. The van der Waals surface area contributed by atoms with E-state index in [0.29, 0.717) is 36.4 Å². The van der Waals surface area contributed by atoms with Crippen LogP contribution in [0.2, 0.25) is 0 Å². The van der Waals surface area contributed by atoms with Crippen molar-refractivity contribution in [3.05, 3.63) is 36.0 Å². The average Bonchev–Trinajstić information content (AvgIpc) is 2.80. The molecule has 0 aromatic carbocycles. The largest absolute Gasteiger partial charge is 0.481 e. The maximum Gasteiger partial charge on any atom is 0.303 e. The predicted octanol–water partition coefficient (Wildman–Crippen LogP) is 5.33. The lowest BCUT2D eigenvalue weighted by atomic mass is 9.46. The fraction of sp³-hybridized carbons (Fsp3) is 0.667. The van der Waals surface area contributed by atoms with Gasteiger partial charge in [0.05, 0.1) is 0 Å². The first kappa shape index (κ1) is 18.7. The molecule has 0 radical (unpaired) electrons. The molecule has 3 heteroatoms. The Hall–Kier alpha value is -1.64. The summed E-state index contributed by atoms with van der Waals surface area (Å²) in [5.41, 5.74) is 3.92. The van der Waals surface area contributed by atoms with Crippen molar-refractivity contribution >= 4 is 11.8 Å². The van der Waals surface area contributed by atoms with Crippen LogP contribution >= 0.6 is 0 Å². The molecule has 0 unspecified atom stereocenters. The minimum atomic E-state index is -0.721. The topological polar surface area (TPSA) is 54.4 Å². The Bertz CT molecular complexity index is 760. The lowest BCUT2D eigenvalue weighted by molar-refractivity contribution is -0.137. The first-order valence-electron chi connectivity index (χ1n) is 10.5. The fourth-order valence-electron chi connectivity index (χ4n) is 7.44. The van der Waals surface area contributed by atoms with Crippen molar-refractivity contribution in [2.45, 2.75) is 65.2 Å². The van der Waals surface area contributed by atoms with Gasteiger partial charge in [0.25, 0.3) is 0 Å². The van der Waals surface area contributed by atoms with E-state index in [0.717, 1.165) is 31.3 Å². The Morgan fingerprint density at radius 1 is 1.19 bits per heavy atom. The van der Waals surface area contributed by atoms with Crippen molar-refractivity contribution in [1.29, 1.82) is 0 Å². The van der Waals surface area contributed by atoms with E-state index in [2.05, 4.69) is 27.0 Å². The monoisotopic (exact) mass is 368 g/mol. The van der Waals surface area contributed by atoms with Gasteiger partial charge in [0.1, 0.15) is 0 Å². The number of carbonyl (C=O) groups is 2. The lowest BCUT2D eigenvalue weighted by Gasteiger charge is -2.58. The van der Waals surface area contributed by atoms with Crippen LogP contribution in [0.25, 0.3) is 0 Å². The zero-order valence-corrected chi connectivity index (χ0v) is 16.7. The van der Waals surface area contributed by atoms with Crippen LogP contribution in [0.3, 0.4) is 0 Å². The average molecular weight is 369 g/mol. The molecule has 146 valence electrons. The number of hydrogen-bond acceptors (Lipinski definition) is 2. The molecule has 4 aliphatic rings. The quantitative estimate of drug-likeness (QED) is 0.732. The molecule has 0 saturated heterocycles. The second-order valence-electron chi connectivity index (χ2n) is 9.92. The van der Waals surface area contributed by atoms with Gasteiger partial charge in [-0.3, -0.25) is 9.59 Å². The summed E-state index contributed by atoms with van der Waals surface area (Å²) < 4.78 is 0. The van der Waals surface area contributed by atoms with Crippen LogP contribution < -0.4 is 0 Å². The molecule has 0 aromatic heterocycles. The number of allylic oxidation sites excluding steroid dienone is 3. The van der Waals surface area contributed by atoms with Gasteiger partial charge >= 0.3 is 5.97 Å². The van der Waals surface area contributed by atoms with Gasteiger partial charge in [-0.15, -0.1) is 0 Å². The van der Waals surface area contributed by atoms with Crippen molar-refractivity contribution in [2.24, 2.45) is 34.5 Å². The van der Waals surface area contributed by atoms with Gasteiger partial charge in [0.15, 0.2) is 5.78 Å². The highest BCUT2D eigenvalue weighted by atomic mass is 16.4. The van der Waals surface area contributed by atoms with Crippen LogP contribution in [0.1, 0.15) is 65.2 Å². The Morgan fingerprint density at radius 2 is 1.93 bits per heavy atom. The smallest absolute Gasteiger partial charge is 0.303 e. The van der Waals surface area contributed by atoms with Crippen molar-refractivity contribution < 1.29 is 14.7 Å². The molecule has 0 aliphatic heterocycles. The summed E-state index contributed by atoms with van der Waals surface area (Å²) in [5, 5.41) is 9.19. The molecule has 0 spiro atoms. The standard InChI is InChI=1S/C24H32O3/c1-14-15(2)22-18-6-5-16-13-17(25)9-11-23(16,3)20(18)10-12-24(22,4)19(14)7-8-21(26)27/h13,18-20,22H,1-2,5-12H2,3-4H3,(H,26,27)/t18-,19+,20+,22+,23+,24-/m1/s1. The normalized spacial score (nSPS) is 43.6. The summed E-state index contributed by atoms with van der Waals surface area (Å²) >= 11 is 0. The number of hydrogen-bond donors (Lipinski definition) is 1. The zero-order valence-electron chi connectivity index (χ0n) is 16.7. The molecule has 1 N–H and O–H groups in total. The third kappa shape index (κ3) is 2.61. The molecule has 0 aromatic rings. The van der Waals surface area contributed by atoms with Gasteiger partial charge in [-0.1, -0.05) is 32.6 Å². The molecular weight excluding hydrogens is 336 g/mol. The summed E-state index contributed by atoms with van der Waals surface area (Å²) in [5.74, 6) is 1.42. The van der Waals surface area contributed by atoms with E-state index < -0.39 is 5.97 Å². The van der Waals surface area contributed by atoms with E-state index >= 15 is 0 Å². The zero-order chi connectivity index (χ0) is 19.6. The van der Waals surface area contributed by atoms with Gasteiger partial charge in [0.2, 0.25) is 0 Å². The Kier molecular flexibility index (Phi) is 4.29. The third-order valence-electron chi connectivity index (χ3n) is 8.83. The van der Waals surface area contributed by atoms with Gasteiger partial charge in [-0.2, -0.15) is 0 Å². The maximum atomic E-state index is 12.0. The van der Waals surface area contributed by atoms with E-state index in [-0.39, 0.29) is 23.2 Å². The van der Waals surface area contributed by atoms with Gasteiger partial charge in [0, 0.05) is 12.8 Å². The van der Waals surface area contributed by atoms with E-state index in [1.807, 2.05) is 6.08 Å². The van der Waals surface area contributed by atoms with Crippen LogP contribution in [0.5, 0.6) is 0 Å². The third-order valence-corrected chi connectivity index (χ3v) is 8.83. The fourth-order valence-corrected chi connectivity index (χ4v) is 7.44. The molecule has 0 heterocycles. The SMILES string of the molecule is C=C1C(=C)[C@H]2[C@@H]3CCC4=CC(=O)CC[C@]4(C)[C@H]3CC[C@]2(C)[C@H]1CCC(=O)O. The maximum absolute atomic E-state index is 12.0. The predicted molar refractivity (Wildman–Crippen MR) is 106 cm³/mol. The van der Waals surface area contributed by atoms with E-state index in [9.17, 15) is 14.7 Å². The van der Waals surface area contributed by atoms with Crippen LogP contribution in [0, 0.1) is 34.5 Å². The number of carbonyl (C=O) groups excluding carboxylic acids is 1. The van der Waals surface area contributed by atoms with Crippen molar-refractivity contribution in [3.63, 3.8) is 0 Å². The second-order valence-corrected chi connectivity index (χ2v) is 9.92. The molecule has 3 saturated carbocycles. The summed E-state index contributed by atoms with van der Waals surface area (Å²) in [6, 6.07) is 0. The van der Waals surface area contributed by atoms with Gasteiger partial charge < -0.3 is 5.11 Å². The molecule has 0 bridgehead atoms. The van der Waals surface area contributed by atoms with Crippen molar-refractivity contribution in [2.75, 3.05) is 0 Å². The van der Waals surface area contributed by atoms with Gasteiger partial charge in [-0.25, -0.2) is 0 Å². The number of fused-ring (bicyclic) bond motifs is 5. The molecule has 0 amide bonds. The molecule has 6 atom stereocenters. The van der Waals surface area contributed by atoms with Crippen LogP contribution in [-0.2, 0) is 9.59 Å². The molecule has 3 fully saturated rings. The number of rotatable bonds is 3. The highest BCUT2D eigenvalue weighted by Crippen LogP contribution is 2.69. The molecule has 4 aliphatic carbocycles. The summed E-state index contributed by atoms with van der Waals surface area (Å²) in [6.45, 7) is 13.6. The molecule has 3 nitrogen and oxygen atoms in total. The van der Waals surface area contributed by atoms with E-state index in [4.69, 9.17) is 0 Å². The highest BCUT2D eigenvalue weighted by molar-refractivity contribution is 5.91. The first-order chi connectivity index (χ1) is 12.7. The number of ketones is 1. The van der Waals surface area contributed by atoms with Crippen LogP contribution in [-0.4, -0.2) is 16.9 Å². The number of carboxylic acid groups (broad SMARTS) is 1. The minimum Gasteiger partial charge on any atom is -0.481 e. The Labute approximate surface area is 162 Å². The second kappa shape index (κ2) is 6.18. The Morgan fingerprint density at radius 3 is 2.63 bits per heavy atom. The van der Waals surface area contributed by atoms with Crippen LogP contribution in [0.15, 0.2) is 36.0 Å². The molecular formula is C24H32O3. The summed E-state index contributed by atoms with van der Waals surface area (Å²) in [7, 11) is 0. The van der Waals surface area contributed by atoms with E-state index in [1.165, 1.54) is 17.6 Å². The highest BCUT2D eigenvalue weighted by Gasteiger charge is 2.60. The summed E-state index contributed by atoms with van der Waals surface area (Å²) in [4.78, 5) is 23.1. The van der Waals surface area contributed by atoms with E-state index in [1.54, 1.807) is 0 Å². The van der Waals surface area contributed by atoms with Crippen molar-refractivity contribution in [3.8, 4) is 0 Å². The van der Waals surface area contributed by atoms with Crippen LogP contribution in [0.4, 0.5) is 0 Å². The Balaban J connectivity index is 1.67. The van der Waals surface area contributed by atoms with Gasteiger partial charge in [-0.05, 0) is 90.2 Å².